The maximum atomic E-state index is 4.33. The van der Waals surface area contributed by atoms with E-state index in [1.54, 1.807) is 0 Å². The molecule has 0 bridgehead atoms. The normalized spacial score (nSPS) is 26.5. The summed E-state index contributed by atoms with van der Waals surface area (Å²) in [5, 5.41) is 3.68. The van der Waals surface area contributed by atoms with Crippen molar-refractivity contribution in [2.75, 3.05) is 0 Å². The Labute approximate surface area is 98.3 Å². The molecule has 2 rings (SSSR count). The van der Waals surface area contributed by atoms with Crippen LogP contribution in [0, 0.1) is 19.8 Å². The molecule has 0 aliphatic heterocycles. The third kappa shape index (κ3) is 2.46. The SMILES string of the molecule is Cc1ncn(CC(C)NC2CC(C)C2)c1C. The van der Waals surface area contributed by atoms with Crippen LogP contribution in [0.3, 0.4) is 0 Å². The molecule has 1 aliphatic rings. The van der Waals surface area contributed by atoms with Gasteiger partial charge in [0.15, 0.2) is 0 Å². The van der Waals surface area contributed by atoms with Gasteiger partial charge >= 0.3 is 0 Å². The molecule has 1 saturated carbocycles. The Hall–Kier alpha value is -0.830. The van der Waals surface area contributed by atoms with Gasteiger partial charge in [0.25, 0.3) is 0 Å². The Balaban J connectivity index is 1.83. The van der Waals surface area contributed by atoms with Gasteiger partial charge in [-0.05, 0) is 39.5 Å². The lowest BCUT2D eigenvalue weighted by Crippen LogP contribution is -2.45. The zero-order valence-corrected chi connectivity index (χ0v) is 10.8. The molecular weight excluding hydrogens is 198 g/mol. The zero-order valence-electron chi connectivity index (χ0n) is 10.8. The summed E-state index contributed by atoms with van der Waals surface area (Å²) in [5.41, 5.74) is 2.43. The van der Waals surface area contributed by atoms with Gasteiger partial charge in [-0.1, -0.05) is 6.92 Å². The molecule has 0 spiro atoms. The highest BCUT2D eigenvalue weighted by molar-refractivity contribution is 5.08. The number of rotatable bonds is 4. The van der Waals surface area contributed by atoms with Crippen molar-refractivity contribution < 1.29 is 0 Å². The van der Waals surface area contributed by atoms with Crippen molar-refractivity contribution in [3.8, 4) is 0 Å². The Kier molecular flexibility index (Phi) is 3.33. The lowest BCUT2D eigenvalue weighted by Gasteiger charge is -2.35. The summed E-state index contributed by atoms with van der Waals surface area (Å²) in [7, 11) is 0. The van der Waals surface area contributed by atoms with E-state index < -0.39 is 0 Å². The number of hydrogen-bond donors (Lipinski definition) is 1. The van der Waals surface area contributed by atoms with Gasteiger partial charge in [-0.2, -0.15) is 0 Å². The van der Waals surface area contributed by atoms with Gasteiger partial charge in [0, 0.05) is 24.3 Å². The van der Waals surface area contributed by atoms with Crippen molar-refractivity contribution >= 4 is 0 Å². The molecule has 0 radical (unpaired) electrons. The first-order valence-corrected chi connectivity index (χ1v) is 6.30. The number of nitrogens with zero attached hydrogens (tertiary/aromatic N) is 2. The van der Waals surface area contributed by atoms with E-state index in [9.17, 15) is 0 Å². The molecule has 1 heterocycles. The second kappa shape index (κ2) is 4.58. The van der Waals surface area contributed by atoms with Crippen LogP contribution in [-0.4, -0.2) is 21.6 Å². The van der Waals surface area contributed by atoms with Crippen LogP contribution in [0.2, 0.25) is 0 Å². The third-order valence-electron chi connectivity index (χ3n) is 3.71. The van der Waals surface area contributed by atoms with Crippen LogP contribution in [0.5, 0.6) is 0 Å². The van der Waals surface area contributed by atoms with Crippen molar-refractivity contribution in [3.63, 3.8) is 0 Å². The fraction of sp³-hybridized carbons (Fsp3) is 0.769. The standard InChI is InChI=1S/C13H23N3/c1-9-5-13(6-9)15-10(2)7-16-8-14-11(3)12(16)4/h8-10,13,15H,5-7H2,1-4H3. The molecule has 1 N–H and O–H groups in total. The van der Waals surface area contributed by atoms with Crippen LogP contribution in [0.1, 0.15) is 38.1 Å². The fourth-order valence-electron chi connectivity index (χ4n) is 2.52. The average Bonchev–Trinajstić information content (AvgIpc) is 2.47. The first kappa shape index (κ1) is 11.6. The molecule has 1 aromatic heterocycles. The minimum Gasteiger partial charge on any atom is -0.333 e. The predicted octanol–water partition coefficient (Wildman–Crippen LogP) is 2.28. The second-order valence-electron chi connectivity index (χ2n) is 5.41. The van der Waals surface area contributed by atoms with Gasteiger partial charge in [-0.15, -0.1) is 0 Å². The van der Waals surface area contributed by atoms with Gasteiger partial charge in [0.05, 0.1) is 12.0 Å². The Bertz CT molecular complexity index is 350. The van der Waals surface area contributed by atoms with Crippen molar-refractivity contribution in [2.45, 2.75) is 59.2 Å². The molecule has 0 saturated heterocycles. The highest BCUT2D eigenvalue weighted by Gasteiger charge is 2.26. The molecule has 1 unspecified atom stereocenters. The van der Waals surface area contributed by atoms with Crippen LogP contribution >= 0.6 is 0 Å². The molecule has 1 fully saturated rings. The lowest BCUT2D eigenvalue weighted by atomic mass is 9.81. The average molecular weight is 221 g/mol. The molecule has 16 heavy (non-hydrogen) atoms. The highest BCUT2D eigenvalue weighted by Crippen LogP contribution is 2.26. The summed E-state index contributed by atoms with van der Waals surface area (Å²) in [6, 6.07) is 1.28. The molecule has 1 aliphatic carbocycles. The minimum atomic E-state index is 0.532. The summed E-state index contributed by atoms with van der Waals surface area (Å²) in [4.78, 5) is 4.33. The number of aryl methyl sites for hydroxylation is 1. The molecule has 0 amide bonds. The molecule has 1 aromatic rings. The topological polar surface area (TPSA) is 29.9 Å². The number of aromatic nitrogens is 2. The van der Waals surface area contributed by atoms with Crippen LogP contribution in [-0.2, 0) is 6.54 Å². The van der Waals surface area contributed by atoms with Crippen molar-refractivity contribution in [2.24, 2.45) is 5.92 Å². The van der Waals surface area contributed by atoms with E-state index in [1.165, 1.54) is 18.5 Å². The second-order valence-corrected chi connectivity index (χ2v) is 5.41. The molecule has 0 aromatic carbocycles. The molecule has 3 nitrogen and oxygen atoms in total. The number of imidazole rings is 1. The van der Waals surface area contributed by atoms with Gasteiger partial charge in [-0.3, -0.25) is 0 Å². The lowest BCUT2D eigenvalue weighted by molar-refractivity contribution is 0.219. The van der Waals surface area contributed by atoms with E-state index in [0.717, 1.165) is 24.2 Å². The summed E-state index contributed by atoms with van der Waals surface area (Å²) in [6.07, 6.45) is 4.63. The Morgan fingerprint density at radius 1 is 1.50 bits per heavy atom. The van der Waals surface area contributed by atoms with Gasteiger partial charge in [0.1, 0.15) is 0 Å². The first-order valence-electron chi connectivity index (χ1n) is 6.30. The highest BCUT2D eigenvalue weighted by atomic mass is 15.1. The summed E-state index contributed by atoms with van der Waals surface area (Å²) < 4.78 is 2.25. The largest absolute Gasteiger partial charge is 0.333 e. The van der Waals surface area contributed by atoms with E-state index in [1.807, 2.05) is 6.33 Å². The smallest absolute Gasteiger partial charge is 0.0951 e. The van der Waals surface area contributed by atoms with E-state index in [0.29, 0.717) is 6.04 Å². The quantitative estimate of drug-likeness (QED) is 0.845. The molecule has 1 atom stereocenters. The first-order chi connectivity index (χ1) is 7.56. The minimum absolute atomic E-state index is 0.532. The zero-order chi connectivity index (χ0) is 11.7. The molecule has 90 valence electrons. The van der Waals surface area contributed by atoms with E-state index >= 15 is 0 Å². The Morgan fingerprint density at radius 2 is 2.19 bits per heavy atom. The van der Waals surface area contributed by atoms with Crippen LogP contribution in [0.25, 0.3) is 0 Å². The third-order valence-corrected chi connectivity index (χ3v) is 3.71. The summed E-state index contributed by atoms with van der Waals surface area (Å²) >= 11 is 0. The van der Waals surface area contributed by atoms with Crippen LogP contribution in [0.4, 0.5) is 0 Å². The molecule has 3 heteroatoms. The summed E-state index contributed by atoms with van der Waals surface area (Å²) in [5.74, 6) is 0.918. The van der Waals surface area contributed by atoms with Crippen LogP contribution < -0.4 is 5.32 Å². The van der Waals surface area contributed by atoms with E-state index in [2.05, 4.69) is 42.6 Å². The number of hydrogen-bond acceptors (Lipinski definition) is 2. The van der Waals surface area contributed by atoms with E-state index in [-0.39, 0.29) is 0 Å². The van der Waals surface area contributed by atoms with Crippen LogP contribution in [0.15, 0.2) is 6.33 Å². The van der Waals surface area contributed by atoms with Crippen molar-refractivity contribution in [1.82, 2.24) is 14.9 Å². The maximum Gasteiger partial charge on any atom is 0.0951 e. The van der Waals surface area contributed by atoms with Gasteiger partial charge in [-0.25, -0.2) is 4.98 Å². The summed E-state index contributed by atoms with van der Waals surface area (Å²) in [6.45, 7) is 9.82. The number of nitrogens with one attached hydrogen (secondary N) is 1. The molecular formula is C13H23N3. The van der Waals surface area contributed by atoms with Gasteiger partial charge in [0.2, 0.25) is 0 Å². The van der Waals surface area contributed by atoms with Crippen molar-refractivity contribution in [3.05, 3.63) is 17.7 Å². The fourth-order valence-corrected chi connectivity index (χ4v) is 2.52. The Morgan fingerprint density at radius 3 is 2.69 bits per heavy atom. The van der Waals surface area contributed by atoms with E-state index in [4.69, 9.17) is 0 Å². The monoisotopic (exact) mass is 221 g/mol. The van der Waals surface area contributed by atoms with Gasteiger partial charge < -0.3 is 9.88 Å². The maximum absolute atomic E-state index is 4.33. The predicted molar refractivity (Wildman–Crippen MR) is 66.5 cm³/mol. The van der Waals surface area contributed by atoms with Crippen molar-refractivity contribution in [1.29, 1.82) is 0 Å².